The van der Waals surface area contributed by atoms with Crippen LogP contribution in [-0.2, 0) is 13.0 Å². The summed E-state index contributed by atoms with van der Waals surface area (Å²) >= 11 is 0. The fraction of sp³-hybridized carbons (Fsp3) is 0.714. The van der Waals surface area contributed by atoms with Gasteiger partial charge in [0.25, 0.3) is 0 Å². The van der Waals surface area contributed by atoms with E-state index in [0.29, 0.717) is 5.92 Å². The van der Waals surface area contributed by atoms with Crippen molar-refractivity contribution < 1.29 is 0 Å². The van der Waals surface area contributed by atoms with Gasteiger partial charge < -0.3 is 5.32 Å². The fourth-order valence-electron chi connectivity index (χ4n) is 1.43. The zero-order valence-corrected chi connectivity index (χ0v) is 11.7. The smallest absolute Gasteiger partial charge is 0.128 e. The monoisotopic (exact) mass is 235 g/mol. The average molecular weight is 235 g/mol. The maximum Gasteiger partial charge on any atom is 0.128 e. The first-order valence-electron chi connectivity index (χ1n) is 6.42. The third-order valence-electron chi connectivity index (χ3n) is 2.51. The molecule has 17 heavy (non-hydrogen) atoms. The van der Waals surface area contributed by atoms with E-state index in [4.69, 9.17) is 0 Å². The van der Waals surface area contributed by atoms with Gasteiger partial charge in [-0.15, -0.1) is 0 Å². The van der Waals surface area contributed by atoms with Crippen molar-refractivity contribution in [2.45, 2.75) is 59.5 Å². The van der Waals surface area contributed by atoms with Crippen molar-refractivity contribution in [3.05, 3.63) is 23.8 Å². The molecule has 0 aromatic carbocycles. The maximum absolute atomic E-state index is 4.57. The van der Waals surface area contributed by atoms with E-state index in [9.17, 15) is 0 Å². The number of hydrogen-bond acceptors (Lipinski definition) is 3. The molecule has 96 valence electrons. The SMILES string of the molecule is CC(C)CCc1nccc(CNC(C)(C)C)n1. The van der Waals surface area contributed by atoms with Crippen molar-refractivity contribution in [3.8, 4) is 0 Å². The molecule has 0 aliphatic carbocycles. The van der Waals surface area contributed by atoms with Gasteiger partial charge in [0.2, 0.25) is 0 Å². The molecule has 0 amide bonds. The van der Waals surface area contributed by atoms with Crippen LogP contribution in [0.2, 0.25) is 0 Å². The Morgan fingerprint density at radius 2 is 2.00 bits per heavy atom. The minimum absolute atomic E-state index is 0.128. The molecule has 1 rings (SSSR count). The van der Waals surface area contributed by atoms with Gasteiger partial charge in [0.15, 0.2) is 0 Å². The predicted molar refractivity (Wildman–Crippen MR) is 71.8 cm³/mol. The Bertz CT molecular complexity index is 340. The fourth-order valence-corrected chi connectivity index (χ4v) is 1.43. The van der Waals surface area contributed by atoms with Crippen LogP contribution in [0.1, 0.15) is 52.6 Å². The quantitative estimate of drug-likeness (QED) is 0.852. The van der Waals surface area contributed by atoms with Gasteiger partial charge in [-0.05, 0) is 39.2 Å². The molecule has 0 atom stereocenters. The molecule has 1 heterocycles. The molecule has 1 N–H and O–H groups in total. The number of rotatable bonds is 5. The van der Waals surface area contributed by atoms with Gasteiger partial charge >= 0.3 is 0 Å². The number of aromatic nitrogens is 2. The minimum atomic E-state index is 0.128. The van der Waals surface area contributed by atoms with E-state index in [2.05, 4.69) is 49.9 Å². The van der Waals surface area contributed by atoms with E-state index in [1.807, 2.05) is 12.3 Å². The molecule has 0 radical (unpaired) electrons. The van der Waals surface area contributed by atoms with Gasteiger partial charge in [0, 0.05) is 24.7 Å². The van der Waals surface area contributed by atoms with E-state index >= 15 is 0 Å². The number of nitrogens with zero attached hydrogens (tertiary/aromatic N) is 2. The van der Waals surface area contributed by atoms with Crippen molar-refractivity contribution in [2.75, 3.05) is 0 Å². The highest BCUT2D eigenvalue weighted by Gasteiger charge is 2.09. The summed E-state index contributed by atoms with van der Waals surface area (Å²) in [5.74, 6) is 1.67. The van der Waals surface area contributed by atoms with Crippen LogP contribution < -0.4 is 5.32 Å². The van der Waals surface area contributed by atoms with Gasteiger partial charge in [-0.3, -0.25) is 0 Å². The predicted octanol–water partition coefficient (Wildman–Crippen LogP) is 2.95. The second-order valence-corrected chi connectivity index (χ2v) is 6.00. The van der Waals surface area contributed by atoms with Crippen molar-refractivity contribution >= 4 is 0 Å². The molecule has 0 saturated carbocycles. The van der Waals surface area contributed by atoms with E-state index in [1.165, 1.54) is 0 Å². The van der Waals surface area contributed by atoms with Gasteiger partial charge in [-0.25, -0.2) is 9.97 Å². The minimum Gasteiger partial charge on any atom is -0.306 e. The lowest BCUT2D eigenvalue weighted by atomic mass is 10.1. The van der Waals surface area contributed by atoms with Crippen molar-refractivity contribution in [2.24, 2.45) is 5.92 Å². The summed E-state index contributed by atoms with van der Waals surface area (Å²) in [6.07, 6.45) is 3.99. The molecule has 0 unspecified atom stereocenters. The molecule has 3 nitrogen and oxygen atoms in total. The summed E-state index contributed by atoms with van der Waals surface area (Å²) in [5.41, 5.74) is 1.21. The Balaban J connectivity index is 2.54. The third-order valence-corrected chi connectivity index (χ3v) is 2.51. The molecule has 0 aliphatic rings. The van der Waals surface area contributed by atoms with E-state index in [1.54, 1.807) is 0 Å². The van der Waals surface area contributed by atoms with Crippen LogP contribution in [0.3, 0.4) is 0 Å². The maximum atomic E-state index is 4.57. The molecule has 1 aromatic rings. The second-order valence-electron chi connectivity index (χ2n) is 6.00. The average Bonchev–Trinajstić information content (AvgIpc) is 2.23. The lowest BCUT2D eigenvalue weighted by Crippen LogP contribution is -2.35. The van der Waals surface area contributed by atoms with Crippen LogP contribution >= 0.6 is 0 Å². The largest absolute Gasteiger partial charge is 0.306 e. The van der Waals surface area contributed by atoms with Crippen LogP contribution in [0.15, 0.2) is 12.3 Å². The highest BCUT2D eigenvalue weighted by Crippen LogP contribution is 2.06. The normalized spacial score (nSPS) is 12.1. The Morgan fingerprint density at radius 1 is 1.29 bits per heavy atom. The molecular weight excluding hydrogens is 210 g/mol. The zero-order chi connectivity index (χ0) is 12.9. The second kappa shape index (κ2) is 6.10. The topological polar surface area (TPSA) is 37.8 Å². The van der Waals surface area contributed by atoms with Crippen LogP contribution in [-0.4, -0.2) is 15.5 Å². The standard InChI is InChI=1S/C14H25N3/c1-11(2)6-7-13-15-9-8-12(17-13)10-16-14(3,4)5/h8-9,11,16H,6-7,10H2,1-5H3. The lowest BCUT2D eigenvalue weighted by molar-refractivity contribution is 0.420. The van der Waals surface area contributed by atoms with Gasteiger partial charge in [0.05, 0.1) is 5.69 Å². The van der Waals surface area contributed by atoms with Gasteiger partial charge in [-0.2, -0.15) is 0 Å². The summed E-state index contributed by atoms with van der Waals surface area (Å²) in [4.78, 5) is 8.89. The van der Waals surface area contributed by atoms with E-state index in [0.717, 1.165) is 30.9 Å². The number of aryl methyl sites for hydroxylation is 1. The van der Waals surface area contributed by atoms with Crippen molar-refractivity contribution in [1.29, 1.82) is 0 Å². The van der Waals surface area contributed by atoms with Gasteiger partial charge in [0.1, 0.15) is 5.82 Å². The molecule has 0 bridgehead atoms. The van der Waals surface area contributed by atoms with Crippen LogP contribution in [0.4, 0.5) is 0 Å². The first kappa shape index (κ1) is 14.1. The van der Waals surface area contributed by atoms with E-state index < -0.39 is 0 Å². The number of hydrogen-bond donors (Lipinski definition) is 1. The molecule has 0 spiro atoms. The van der Waals surface area contributed by atoms with Crippen LogP contribution in [0.5, 0.6) is 0 Å². The molecule has 3 heteroatoms. The summed E-state index contributed by atoms with van der Waals surface area (Å²) < 4.78 is 0. The van der Waals surface area contributed by atoms with Crippen molar-refractivity contribution in [3.63, 3.8) is 0 Å². The summed E-state index contributed by atoms with van der Waals surface area (Å²) in [7, 11) is 0. The zero-order valence-electron chi connectivity index (χ0n) is 11.7. The highest BCUT2D eigenvalue weighted by molar-refractivity contribution is 5.03. The first-order chi connectivity index (χ1) is 7.87. The Labute approximate surface area is 105 Å². The van der Waals surface area contributed by atoms with Crippen LogP contribution in [0.25, 0.3) is 0 Å². The molecule has 0 fully saturated rings. The Kier molecular flexibility index (Phi) is 5.06. The molecular formula is C14H25N3. The highest BCUT2D eigenvalue weighted by atomic mass is 15.0. The lowest BCUT2D eigenvalue weighted by Gasteiger charge is -2.20. The summed E-state index contributed by atoms with van der Waals surface area (Å²) in [5, 5.41) is 3.44. The molecule has 0 saturated heterocycles. The first-order valence-corrected chi connectivity index (χ1v) is 6.42. The van der Waals surface area contributed by atoms with E-state index in [-0.39, 0.29) is 5.54 Å². The summed E-state index contributed by atoms with van der Waals surface area (Å²) in [6.45, 7) is 11.7. The van der Waals surface area contributed by atoms with Crippen molar-refractivity contribution in [1.82, 2.24) is 15.3 Å². The molecule has 1 aromatic heterocycles. The Hall–Kier alpha value is -0.960. The molecule has 0 aliphatic heterocycles. The number of nitrogens with one attached hydrogen (secondary N) is 1. The van der Waals surface area contributed by atoms with Gasteiger partial charge in [-0.1, -0.05) is 13.8 Å². The third kappa shape index (κ3) is 6.37. The Morgan fingerprint density at radius 3 is 2.59 bits per heavy atom. The summed E-state index contributed by atoms with van der Waals surface area (Å²) in [6, 6.07) is 1.98. The van der Waals surface area contributed by atoms with Crippen LogP contribution in [0, 0.1) is 5.92 Å².